The number of rotatable bonds is 8. The minimum absolute atomic E-state index is 1.16. The molecule has 0 bridgehead atoms. The third-order valence-corrected chi connectivity index (χ3v) is 7.30. The van der Waals surface area contributed by atoms with E-state index in [1.807, 2.05) is 0 Å². The van der Waals surface area contributed by atoms with Crippen molar-refractivity contribution in [3.05, 3.63) is 108 Å². The van der Waals surface area contributed by atoms with Gasteiger partial charge in [-0.25, -0.2) is 0 Å². The van der Waals surface area contributed by atoms with Crippen molar-refractivity contribution in [3.63, 3.8) is 0 Å². The molecule has 35 heavy (non-hydrogen) atoms. The second kappa shape index (κ2) is 10.5. The minimum atomic E-state index is 1.16. The molecule has 0 saturated heterocycles. The molecule has 0 aliphatic carbocycles. The highest BCUT2D eigenvalue weighted by Crippen LogP contribution is 2.44. The van der Waals surface area contributed by atoms with Gasteiger partial charge in [-0.1, -0.05) is 123 Å². The van der Waals surface area contributed by atoms with E-state index in [-0.39, 0.29) is 0 Å². The second-order valence-corrected chi connectivity index (χ2v) is 9.95. The SMILES string of the molecule is CCCCc1ccc(-c2c3ccccc3c(-c3ccc(CCCC)cc3)c3cc(C)ccc23)cc1. The predicted molar refractivity (Wildman–Crippen MR) is 154 cm³/mol. The molecule has 0 fully saturated rings. The van der Waals surface area contributed by atoms with Crippen LogP contribution in [0.2, 0.25) is 0 Å². The first-order valence-corrected chi connectivity index (χ1v) is 13.3. The first-order valence-electron chi connectivity index (χ1n) is 13.3. The Balaban J connectivity index is 1.73. The number of benzene rings is 5. The lowest BCUT2D eigenvalue weighted by atomic mass is 9.85. The van der Waals surface area contributed by atoms with Crippen LogP contribution in [-0.2, 0) is 12.8 Å². The van der Waals surface area contributed by atoms with Crippen LogP contribution in [0.25, 0.3) is 43.8 Å². The Kier molecular flexibility index (Phi) is 7.00. The average molecular weight is 457 g/mol. The largest absolute Gasteiger partial charge is 0.0654 e. The third kappa shape index (κ3) is 4.76. The van der Waals surface area contributed by atoms with E-state index in [0.717, 1.165) is 12.8 Å². The summed E-state index contributed by atoms with van der Waals surface area (Å²) >= 11 is 0. The molecule has 176 valence electrons. The van der Waals surface area contributed by atoms with Gasteiger partial charge in [0.25, 0.3) is 0 Å². The normalized spacial score (nSPS) is 11.4. The van der Waals surface area contributed by atoms with Crippen molar-refractivity contribution in [3.8, 4) is 22.3 Å². The summed E-state index contributed by atoms with van der Waals surface area (Å²) in [5.74, 6) is 0. The molecule has 0 heterocycles. The molecule has 0 N–H and O–H groups in total. The van der Waals surface area contributed by atoms with Gasteiger partial charge in [0, 0.05) is 0 Å². The van der Waals surface area contributed by atoms with Gasteiger partial charge in [-0.15, -0.1) is 0 Å². The predicted octanol–water partition coefficient (Wildman–Crippen LogP) is 10.3. The van der Waals surface area contributed by atoms with E-state index in [4.69, 9.17) is 0 Å². The number of fused-ring (bicyclic) bond motifs is 2. The van der Waals surface area contributed by atoms with Crippen LogP contribution >= 0.6 is 0 Å². The smallest absolute Gasteiger partial charge is 0.00263 e. The first kappa shape index (κ1) is 23.4. The van der Waals surface area contributed by atoms with Crippen molar-refractivity contribution < 1.29 is 0 Å². The van der Waals surface area contributed by atoms with E-state index in [9.17, 15) is 0 Å². The molecule has 5 aromatic rings. The van der Waals surface area contributed by atoms with E-state index < -0.39 is 0 Å². The fraction of sp³-hybridized carbons (Fsp3) is 0.257. The zero-order chi connectivity index (χ0) is 24.2. The van der Waals surface area contributed by atoms with E-state index in [1.54, 1.807) is 0 Å². The topological polar surface area (TPSA) is 0 Å². The second-order valence-electron chi connectivity index (χ2n) is 9.95. The van der Waals surface area contributed by atoms with Gasteiger partial charge in [-0.3, -0.25) is 0 Å². The van der Waals surface area contributed by atoms with E-state index in [1.165, 1.54) is 86.2 Å². The number of hydrogen-bond donors (Lipinski definition) is 0. The van der Waals surface area contributed by atoms with Gasteiger partial charge in [0.2, 0.25) is 0 Å². The zero-order valence-corrected chi connectivity index (χ0v) is 21.4. The van der Waals surface area contributed by atoms with E-state index >= 15 is 0 Å². The maximum absolute atomic E-state index is 2.38. The van der Waals surface area contributed by atoms with Crippen LogP contribution in [0, 0.1) is 6.92 Å². The van der Waals surface area contributed by atoms with Gasteiger partial charge in [0.15, 0.2) is 0 Å². The summed E-state index contributed by atoms with van der Waals surface area (Å²) < 4.78 is 0. The van der Waals surface area contributed by atoms with Gasteiger partial charge in [-0.2, -0.15) is 0 Å². The molecular formula is C35H36. The molecule has 0 radical (unpaired) electrons. The highest BCUT2D eigenvalue weighted by atomic mass is 14.2. The summed E-state index contributed by atoms with van der Waals surface area (Å²) in [5.41, 5.74) is 9.47. The van der Waals surface area contributed by atoms with Gasteiger partial charge < -0.3 is 0 Å². The molecule has 0 unspecified atom stereocenters. The summed E-state index contributed by atoms with van der Waals surface area (Å²) in [6.45, 7) is 6.72. The number of aryl methyl sites for hydroxylation is 3. The molecule has 0 nitrogen and oxygen atoms in total. The summed E-state index contributed by atoms with van der Waals surface area (Å²) in [4.78, 5) is 0. The van der Waals surface area contributed by atoms with Gasteiger partial charge >= 0.3 is 0 Å². The van der Waals surface area contributed by atoms with Crippen molar-refractivity contribution >= 4 is 21.5 Å². The highest BCUT2D eigenvalue weighted by Gasteiger charge is 2.16. The maximum atomic E-state index is 2.38. The van der Waals surface area contributed by atoms with Crippen molar-refractivity contribution in [2.45, 2.75) is 59.3 Å². The fourth-order valence-electron chi connectivity index (χ4n) is 5.35. The van der Waals surface area contributed by atoms with Gasteiger partial charge in [-0.05, 0) is 87.5 Å². The van der Waals surface area contributed by atoms with Crippen LogP contribution in [0.1, 0.15) is 56.2 Å². The Hall–Kier alpha value is -3.38. The molecule has 0 spiro atoms. The molecule has 0 atom stereocenters. The van der Waals surface area contributed by atoms with Crippen molar-refractivity contribution in [2.75, 3.05) is 0 Å². The van der Waals surface area contributed by atoms with Crippen molar-refractivity contribution in [1.29, 1.82) is 0 Å². The number of hydrogen-bond acceptors (Lipinski definition) is 0. The molecule has 0 heteroatoms. The van der Waals surface area contributed by atoms with Gasteiger partial charge in [0.1, 0.15) is 0 Å². The molecular weight excluding hydrogens is 420 g/mol. The van der Waals surface area contributed by atoms with Crippen molar-refractivity contribution in [1.82, 2.24) is 0 Å². The van der Waals surface area contributed by atoms with Crippen LogP contribution in [0.15, 0.2) is 91.0 Å². The molecule has 5 aromatic carbocycles. The first-order chi connectivity index (χ1) is 17.2. The molecule has 0 aromatic heterocycles. The van der Waals surface area contributed by atoms with Gasteiger partial charge in [0.05, 0.1) is 0 Å². The summed E-state index contributed by atoms with van der Waals surface area (Å²) in [6, 6.07) is 34.5. The van der Waals surface area contributed by atoms with Crippen molar-refractivity contribution in [2.24, 2.45) is 0 Å². The van der Waals surface area contributed by atoms with Crippen LogP contribution in [0.5, 0.6) is 0 Å². The lowest BCUT2D eigenvalue weighted by Crippen LogP contribution is -1.92. The molecule has 0 aliphatic rings. The Morgan fingerprint density at radius 2 is 0.943 bits per heavy atom. The fourth-order valence-corrected chi connectivity index (χ4v) is 5.35. The van der Waals surface area contributed by atoms with Crippen LogP contribution < -0.4 is 0 Å². The molecule has 0 amide bonds. The standard InChI is InChI=1S/C35H36/c1-4-6-10-26-15-19-28(20-16-26)34-30-12-8-9-13-31(30)35(33-24-25(3)14-23-32(33)34)29-21-17-27(18-22-29)11-7-5-2/h8-9,12-24H,4-7,10-11H2,1-3H3. The summed E-state index contributed by atoms with van der Waals surface area (Å²) in [6.07, 6.45) is 7.27. The Labute approximate surface area is 210 Å². The average Bonchev–Trinajstić information content (AvgIpc) is 2.90. The maximum Gasteiger partial charge on any atom is -0.00263 e. The lowest BCUT2D eigenvalue weighted by molar-refractivity contribution is 0.795. The molecule has 0 saturated carbocycles. The van der Waals surface area contributed by atoms with Crippen LogP contribution in [0.3, 0.4) is 0 Å². The van der Waals surface area contributed by atoms with E-state index in [2.05, 4.69) is 112 Å². The Bertz CT molecular complexity index is 1440. The van der Waals surface area contributed by atoms with Crippen LogP contribution in [-0.4, -0.2) is 0 Å². The van der Waals surface area contributed by atoms with E-state index in [0.29, 0.717) is 0 Å². The quantitative estimate of drug-likeness (QED) is 0.204. The third-order valence-electron chi connectivity index (χ3n) is 7.30. The lowest BCUT2D eigenvalue weighted by Gasteiger charge is -2.18. The molecule has 0 aliphatic heterocycles. The van der Waals surface area contributed by atoms with Crippen LogP contribution in [0.4, 0.5) is 0 Å². The Morgan fingerprint density at radius 1 is 0.486 bits per heavy atom. The highest BCUT2D eigenvalue weighted by molar-refractivity contribution is 6.21. The molecule has 5 rings (SSSR count). The summed E-state index contributed by atoms with van der Waals surface area (Å²) in [7, 11) is 0. The minimum Gasteiger partial charge on any atom is -0.0654 e. The Morgan fingerprint density at radius 3 is 1.43 bits per heavy atom. The summed E-state index contributed by atoms with van der Waals surface area (Å²) in [5, 5.41) is 5.34. The zero-order valence-electron chi connectivity index (χ0n) is 21.4. The number of unbranched alkanes of at least 4 members (excludes halogenated alkanes) is 2. The monoisotopic (exact) mass is 456 g/mol.